The van der Waals surface area contributed by atoms with E-state index in [1.165, 1.54) is 36.8 Å². The molecule has 0 unspecified atom stereocenters. The molecule has 0 radical (unpaired) electrons. The minimum Gasteiger partial charge on any atom is -1.00 e. The summed E-state index contributed by atoms with van der Waals surface area (Å²) in [7, 11) is -2.08. The maximum Gasteiger partial charge on any atom is -1.00 e. The predicted octanol–water partition coefficient (Wildman–Crippen LogP) is 3.61. The maximum atomic E-state index is 2.63. The van der Waals surface area contributed by atoms with Gasteiger partial charge in [0.05, 0.1) is 0 Å². The van der Waals surface area contributed by atoms with Gasteiger partial charge in [0.15, 0.2) is 0 Å². The quantitative estimate of drug-likeness (QED) is 0.356. The van der Waals surface area contributed by atoms with Crippen LogP contribution in [0.4, 0.5) is 0 Å². The first-order valence-electron chi connectivity index (χ1n) is 14.9. The van der Waals surface area contributed by atoms with Crippen LogP contribution >= 0.6 is 0 Å². The Morgan fingerprint density at radius 3 is 1.19 bits per heavy atom. The van der Waals surface area contributed by atoms with Gasteiger partial charge in [-0.2, -0.15) is 0 Å². The number of hydrogen-bond donors (Lipinski definition) is 0. The van der Waals surface area contributed by atoms with Gasteiger partial charge in [-0.15, -0.1) is 0 Å². The average Bonchev–Trinajstić information content (AvgIpc) is 3.79. The van der Waals surface area contributed by atoms with E-state index in [4.69, 9.17) is 0 Å². The van der Waals surface area contributed by atoms with Crippen molar-refractivity contribution >= 4 is 32.4 Å². The molecule has 0 aliphatic heterocycles. The van der Waals surface area contributed by atoms with Crippen molar-refractivity contribution in [3.63, 3.8) is 0 Å². The van der Waals surface area contributed by atoms with Crippen LogP contribution in [0.2, 0.25) is 23.0 Å². The molecular formula is C36H42Cl2Ge2Hf2. The van der Waals surface area contributed by atoms with E-state index in [2.05, 4.69) is 144 Å². The second-order valence-electron chi connectivity index (χ2n) is 11.5. The number of hydrogen-bond acceptors (Lipinski definition) is 0. The standard InChI is InChI=1S/2C11H9.2C5H5.2C2H7Ge.2ClH.2Hf/c2*1-2-6-10(7-3-1)11-8-4-5-9-11;2*1-2-4-5-3-1;2*1-3-2;;;;/h2*1-4,6-8H,5H2;2*1-3H,4H2;2*3H,1-2H3;2*1H;;/q;;;;;;;;2*+1/p-2. The molecule has 0 heterocycles. The van der Waals surface area contributed by atoms with E-state index in [1.54, 1.807) is 11.1 Å². The minimum atomic E-state index is -1.69. The fraction of sp³-hybridized carbons (Fsp3) is 0.222. The van der Waals surface area contributed by atoms with Gasteiger partial charge in [0.2, 0.25) is 0 Å². The van der Waals surface area contributed by atoms with E-state index in [-0.39, 0.29) is 24.8 Å². The van der Waals surface area contributed by atoms with Crippen molar-refractivity contribution in [3.8, 4) is 0 Å². The summed E-state index contributed by atoms with van der Waals surface area (Å²) in [6, 6.07) is 22.0. The van der Waals surface area contributed by atoms with Crippen molar-refractivity contribution in [3.05, 3.63) is 146 Å². The zero-order valence-corrected chi connectivity index (χ0v) is 38.8. The molecule has 2 aromatic rings. The van der Waals surface area contributed by atoms with Crippen LogP contribution in [0, 0.1) is 0 Å². The summed E-state index contributed by atoms with van der Waals surface area (Å²) < 4.78 is 7.53. The molecule has 2 aromatic carbocycles. The van der Waals surface area contributed by atoms with Crippen molar-refractivity contribution in [1.82, 2.24) is 0 Å². The summed E-state index contributed by atoms with van der Waals surface area (Å²) in [5, 5.41) is 0. The molecule has 0 bridgehead atoms. The Morgan fingerprint density at radius 1 is 0.500 bits per heavy atom. The maximum absolute atomic E-state index is 2.63. The summed E-state index contributed by atoms with van der Waals surface area (Å²) in [6.07, 6.45) is 28.8. The fourth-order valence-corrected chi connectivity index (χ4v) is 96.2. The predicted molar refractivity (Wildman–Crippen MR) is 176 cm³/mol. The fourth-order valence-electron chi connectivity index (χ4n) is 6.42. The van der Waals surface area contributed by atoms with Gasteiger partial charge < -0.3 is 24.8 Å². The molecule has 6 heteroatoms. The molecule has 0 saturated carbocycles. The topological polar surface area (TPSA) is 0 Å². The summed E-state index contributed by atoms with van der Waals surface area (Å²) in [4.78, 5) is 0. The van der Waals surface area contributed by atoms with E-state index in [0.29, 0.717) is 0 Å². The van der Waals surface area contributed by atoms with E-state index < -0.39 is 59.2 Å². The van der Waals surface area contributed by atoms with E-state index in [9.17, 15) is 0 Å². The van der Waals surface area contributed by atoms with Gasteiger partial charge in [0.1, 0.15) is 0 Å². The first-order valence-corrected chi connectivity index (χ1v) is 55.8. The van der Waals surface area contributed by atoms with Crippen molar-refractivity contribution in [2.75, 3.05) is 0 Å². The monoisotopic (exact) mass is 1050 g/mol. The van der Waals surface area contributed by atoms with E-state index >= 15 is 0 Å². The Hall–Kier alpha value is -0.234. The third-order valence-corrected chi connectivity index (χ3v) is 96.4. The molecule has 4 aliphatic carbocycles. The van der Waals surface area contributed by atoms with Crippen LogP contribution in [-0.4, -0.2) is 21.3 Å². The Bertz CT molecular complexity index is 1330. The molecule has 0 nitrogen and oxygen atoms in total. The van der Waals surface area contributed by atoms with Gasteiger partial charge >= 0.3 is 265 Å². The third-order valence-electron chi connectivity index (χ3n) is 8.07. The van der Waals surface area contributed by atoms with Crippen molar-refractivity contribution < 1.29 is 62.7 Å². The summed E-state index contributed by atoms with van der Waals surface area (Å²) in [5.41, 5.74) is 6.04. The van der Waals surface area contributed by atoms with Gasteiger partial charge in [0.25, 0.3) is 0 Å². The number of benzene rings is 2. The molecule has 0 amide bonds. The van der Waals surface area contributed by atoms with E-state index in [0.717, 1.165) is 0 Å². The average molecular weight is 1050 g/mol. The molecule has 0 aromatic heterocycles. The van der Waals surface area contributed by atoms with Gasteiger partial charge in [-0.3, -0.25) is 0 Å². The smallest absolute Gasteiger partial charge is 1.00 e. The summed E-state index contributed by atoms with van der Waals surface area (Å²) in [5.74, 6) is 10.5. The number of halogens is 2. The van der Waals surface area contributed by atoms with Crippen LogP contribution in [0.1, 0.15) is 36.8 Å². The minimum absolute atomic E-state index is 0. The summed E-state index contributed by atoms with van der Waals surface area (Å²) >= 11 is -3.38. The summed E-state index contributed by atoms with van der Waals surface area (Å²) in [6.45, 7) is 0. The molecule has 0 spiro atoms. The van der Waals surface area contributed by atoms with Gasteiger partial charge in [-0.25, -0.2) is 0 Å². The third kappa shape index (κ3) is 8.94. The van der Waals surface area contributed by atoms with Crippen LogP contribution in [0.15, 0.2) is 135 Å². The molecule has 42 heavy (non-hydrogen) atoms. The zero-order chi connectivity index (χ0) is 27.9. The Balaban J connectivity index is 0.000000220. The Kier molecular flexibility index (Phi) is 15.6. The largest absolute Gasteiger partial charge is 1.00 e. The molecule has 0 N–H and O–H groups in total. The van der Waals surface area contributed by atoms with Gasteiger partial charge in [0, 0.05) is 0 Å². The molecule has 0 saturated heterocycles. The molecule has 0 fully saturated rings. The van der Waals surface area contributed by atoms with E-state index in [1.807, 2.05) is 13.3 Å². The van der Waals surface area contributed by atoms with Gasteiger partial charge in [-0.1, -0.05) is 0 Å². The molecule has 0 atom stereocenters. The van der Waals surface area contributed by atoms with Crippen molar-refractivity contribution in [2.45, 2.75) is 48.7 Å². The second kappa shape index (κ2) is 18.0. The van der Waals surface area contributed by atoms with Crippen molar-refractivity contribution in [2.24, 2.45) is 0 Å². The first kappa shape index (κ1) is 36.2. The molecule has 216 valence electrons. The second-order valence-corrected chi connectivity index (χ2v) is 99.0. The SMILES string of the molecule is [CH3][GeH]([CH3])[Hf+]([C]1=CC=CC1)[C]1=C(c2ccccc2)C=CC1.[CH3][GeH]([CH3])[Hf+]([C]1=CC=CC1)[C]1=C(c2ccccc2)C=CC1.[Cl-].[Cl-]. The van der Waals surface area contributed by atoms with Crippen LogP contribution < -0.4 is 24.8 Å². The number of allylic oxidation sites excluding steroid dienone is 16. The molecular weight excluding hydrogens is 1010 g/mol. The van der Waals surface area contributed by atoms with Gasteiger partial charge in [-0.05, 0) is 0 Å². The van der Waals surface area contributed by atoms with Crippen LogP contribution in [0.5, 0.6) is 0 Å². The van der Waals surface area contributed by atoms with Crippen LogP contribution in [0.3, 0.4) is 0 Å². The zero-order valence-electron chi connectivity index (χ0n) is 25.3. The Labute approximate surface area is 286 Å². The van der Waals surface area contributed by atoms with Crippen LogP contribution in [0.25, 0.3) is 11.1 Å². The van der Waals surface area contributed by atoms with Crippen LogP contribution in [-0.2, 0) is 37.9 Å². The molecule has 4 aliphatic rings. The molecule has 6 rings (SSSR count). The Morgan fingerprint density at radius 2 is 0.881 bits per heavy atom. The van der Waals surface area contributed by atoms with Crippen molar-refractivity contribution in [1.29, 1.82) is 0 Å². The normalized spacial score (nSPS) is 16.4. The first-order chi connectivity index (χ1) is 19.5. The number of rotatable bonds is 8.